The highest BCUT2D eigenvalue weighted by Crippen LogP contribution is 2.39. The van der Waals surface area contributed by atoms with E-state index >= 15 is 0 Å². The number of phenols is 1. The number of aromatic amines is 1. The Morgan fingerprint density at radius 1 is 1.03 bits per heavy atom. The smallest absolute Gasteiger partial charge is 0.227 e. The molecule has 0 atom stereocenters. The van der Waals surface area contributed by atoms with Crippen LogP contribution < -0.4 is 15.1 Å². The van der Waals surface area contributed by atoms with E-state index in [1.54, 1.807) is 19.1 Å². The van der Waals surface area contributed by atoms with Crippen LogP contribution in [0.1, 0.15) is 5.76 Å². The summed E-state index contributed by atoms with van der Waals surface area (Å²) >= 11 is 0. The van der Waals surface area contributed by atoms with E-state index in [2.05, 4.69) is 4.98 Å². The average molecular weight is 433 g/mol. The van der Waals surface area contributed by atoms with Crippen molar-refractivity contribution in [2.75, 3.05) is 26.1 Å². The number of phenolic OH excluding ortho intramolecular Hbond substituents is 1. The molecule has 2 aromatic carbocycles. The number of methoxy groups -OCH3 is 1. The maximum atomic E-state index is 12.2. The van der Waals surface area contributed by atoms with Gasteiger partial charge in [0, 0.05) is 37.0 Å². The van der Waals surface area contributed by atoms with Gasteiger partial charge in [-0.25, -0.2) is 4.98 Å². The minimum absolute atomic E-state index is 0.0132. The second-order valence-electron chi connectivity index (χ2n) is 7.54. The summed E-state index contributed by atoms with van der Waals surface area (Å²) in [5.41, 5.74) is 2.66. The zero-order valence-electron chi connectivity index (χ0n) is 18.1. The molecule has 8 heteroatoms. The fourth-order valence-electron chi connectivity index (χ4n) is 3.40. The number of aromatic nitrogens is 2. The van der Waals surface area contributed by atoms with Crippen LogP contribution >= 0.6 is 0 Å². The zero-order valence-corrected chi connectivity index (χ0v) is 18.1. The van der Waals surface area contributed by atoms with Crippen LogP contribution in [0.3, 0.4) is 0 Å². The first kappa shape index (κ1) is 21.0. The summed E-state index contributed by atoms with van der Waals surface area (Å²) in [5, 5.41) is 20.4. The van der Waals surface area contributed by atoms with E-state index in [1.165, 1.54) is 19.2 Å². The van der Waals surface area contributed by atoms with Crippen molar-refractivity contribution in [2.45, 2.75) is 6.92 Å². The standard InChI is InChI=1S/C24H23N3O5/c1-13-11-18(29)22(30)23(32-13)21-20(15-7-10-17(28)19(12-15)31-4)25-24(26-21)14-5-8-16(9-6-14)27(2)3/h5-12,28,30H,1-4H3,(H,25,26). The number of nitrogens with zero attached hydrogens (tertiary/aromatic N) is 2. The van der Waals surface area contributed by atoms with E-state index in [1.807, 2.05) is 43.3 Å². The molecule has 8 nitrogen and oxygen atoms in total. The number of rotatable bonds is 5. The molecule has 164 valence electrons. The quantitative estimate of drug-likeness (QED) is 0.433. The first-order valence-corrected chi connectivity index (χ1v) is 9.87. The Hall–Kier alpha value is -4.20. The fraction of sp³-hybridized carbons (Fsp3) is 0.167. The molecule has 0 aliphatic carbocycles. The molecule has 2 aromatic heterocycles. The second-order valence-corrected chi connectivity index (χ2v) is 7.54. The van der Waals surface area contributed by atoms with Crippen molar-refractivity contribution in [1.82, 2.24) is 9.97 Å². The molecule has 0 saturated heterocycles. The van der Waals surface area contributed by atoms with E-state index in [9.17, 15) is 15.0 Å². The zero-order chi connectivity index (χ0) is 23.0. The largest absolute Gasteiger partial charge is 0.504 e. The molecule has 2 heterocycles. The molecular formula is C24H23N3O5. The minimum atomic E-state index is -0.551. The third-order valence-corrected chi connectivity index (χ3v) is 5.09. The molecule has 4 rings (SSSR count). The Kier molecular flexibility index (Phi) is 5.36. The van der Waals surface area contributed by atoms with Crippen molar-refractivity contribution in [3.05, 3.63) is 64.5 Å². The lowest BCUT2D eigenvalue weighted by molar-refractivity contribution is 0.373. The summed E-state index contributed by atoms with van der Waals surface area (Å²) in [5.74, 6) is 0.599. The van der Waals surface area contributed by atoms with Crippen LogP contribution in [0.5, 0.6) is 17.2 Å². The molecular weight excluding hydrogens is 410 g/mol. The van der Waals surface area contributed by atoms with Gasteiger partial charge in [0.25, 0.3) is 0 Å². The number of anilines is 1. The molecule has 4 aromatic rings. The van der Waals surface area contributed by atoms with Gasteiger partial charge in [-0.3, -0.25) is 4.79 Å². The van der Waals surface area contributed by atoms with Crippen LogP contribution in [0.4, 0.5) is 5.69 Å². The molecule has 3 N–H and O–H groups in total. The fourth-order valence-corrected chi connectivity index (χ4v) is 3.40. The number of aryl methyl sites for hydroxylation is 1. The summed E-state index contributed by atoms with van der Waals surface area (Å²) in [6, 6.07) is 13.8. The predicted molar refractivity (Wildman–Crippen MR) is 122 cm³/mol. The van der Waals surface area contributed by atoms with Crippen molar-refractivity contribution in [3.8, 4) is 51.3 Å². The Balaban J connectivity index is 1.94. The van der Waals surface area contributed by atoms with Gasteiger partial charge in [0.2, 0.25) is 11.2 Å². The molecule has 0 unspecified atom stereocenters. The molecule has 0 fully saturated rings. The van der Waals surface area contributed by atoms with Crippen molar-refractivity contribution in [2.24, 2.45) is 0 Å². The molecule has 0 aliphatic heterocycles. The highest BCUT2D eigenvalue weighted by Gasteiger charge is 2.22. The normalized spacial score (nSPS) is 10.9. The van der Waals surface area contributed by atoms with Gasteiger partial charge in [0.1, 0.15) is 23.0 Å². The molecule has 0 saturated carbocycles. The monoisotopic (exact) mass is 433 g/mol. The van der Waals surface area contributed by atoms with E-state index < -0.39 is 11.2 Å². The lowest BCUT2D eigenvalue weighted by atomic mass is 10.1. The minimum Gasteiger partial charge on any atom is -0.504 e. The molecule has 0 bridgehead atoms. The Bertz CT molecular complexity index is 1340. The van der Waals surface area contributed by atoms with Gasteiger partial charge in [-0.05, 0) is 49.4 Å². The van der Waals surface area contributed by atoms with E-state index in [0.29, 0.717) is 28.5 Å². The lowest BCUT2D eigenvalue weighted by Gasteiger charge is -2.12. The first-order valence-electron chi connectivity index (χ1n) is 9.87. The predicted octanol–water partition coefficient (Wildman–Crippen LogP) is 4.16. The molecule has 0 radical (unpaired) electrons. The highest BCUT2D eigenvalue weighted by molar-refractivity contribution is 5.82. The van der Waals surface area contributed by atoms with Crippen molar-refractivity contribution < 1.29 is 19.4 Å². The second kappa shape index (κ2) is 8.14. The summed E-state index contributed by atoms with van der Waals surface area (Å²) in [4.78, 5) is 22.1. The summed E-state index contributed by atoms with van der Waals surface area (Å²) in [6.45, 7) is 1.63. The van der Waals surface area contributed by atoms with Crippen LogP contribution in [0, 0.1) is 6.92 Å². The SMILES string of the molecule is COc1cc(-c2nc(-c3ccc(N(C)C)cc3)[nH]c2-c2oc(C)cc(=O)c2O)ccc1O. The topological polar surface area (TPSA) is 112 Å². The van der Waals surface area contributed by atoms with Gasteiger partial charge in [-0.15, -0.1) is 0 Å². The number of ether oxygens (including phenoxy) is 1. The molecule has 0 amide bonds. The number of H-pyrrole nitrogens is 1. The number of aromatic hydroxyl groups is 2. The summed E-state index contributed by atoms with van der Waals surface area (Å²) in [6.07, 6.45) is 0. The van der Waals surface area contributed by atoms with Gasteiger partial charge < -0.3 is 29.3 Å². The number of nitrogens with one attached hydrogen (secondary N) is 1. The summed E-state index contributed by atoms with van der Waals surface area (Å²) in [7, 11) is 5.37. The Labute approximate surface area is 184 Å². The highest BCUT2D eigenvalue weighted by atomic mass is 16.5. The van der Waals surface area contributed by atoms with Crippen molar-refractivity contribution >= 4 is 5.69 Å². The Morgan fingerprint density at radius 3 is 2.38 bits per heavy atom. The van der Waals surface area contributed by atoms with Crippen LogP contribution in [-0.2, 0) is 0 Å². The third-order valence-electron chi connectivity index (χ3n) is 5.09. The van der Waals surface area contributed by atoms with Gasteiger partial charge in [0.05, 0.1) is 7.11 Å². The van der Waals surface area contributed by atoms with Crippen LogP contribution in [-0.4, -0.2) is 41.4 Å². The summed E-state index contributed by atoms with van der Waals surface area (Å²) < 4.78 is 10.9. The van der Waals surface area contributed by atoms with E-state index in [0.717, 1.165) is 11.3 Å². The van der Waals surface area contributed by atoms with Gasteiger partial charge in [-0.1, -0.05) is 0 Å². The number of benzene rings is 2. The maximum Gasteiger partial charge on any atom is 0.227 e. The first-order chi connectivity index (χ1) is 15.3. The maximum absolute atomic E-state index is 12.2. The number of hydrogen-bond donors (Lipinski definition) is 3. The third kappa shape index (κ3) is 3.78. The van der Waals surface area contributed by atoms with E-state index in [-0.39, 0.29) is 17.3 Å². The van der Waals surface area contributed by atoms with Crippen LogP contribution in [0.2, 0.25) is 0 Å². The van der Waals surface area contributed by atoms with Crippen LogP contribution in [0.25, 0.3) is 34.1 Å². The van der Waals surface area contributed by atoms with Crippen LogP contribution in [0.15, 0.2) is 57.7 Å². The van der Waals surface area contributed by atoms with Gasteiger partial charge >= 0.3 is 0 Å². The molecule has 32 heavy (non-hydrogen) atoms. The van der Waals surface area contributed by atoms with Crippen molar-refractivity contribution in [1.29, 1.82) is 0 Å². The van der Waals surface area contributed by atoms with Crippen molar-refractivity contribution in [3.63, 3.8) is 0 Å². The average Bonchev–Trinajstić information content (AvgIpc) is 3.22. The Morgan fingerprint density at radius 2 is 1.72 bits per heavy atom. The number of imidazole rings is 1. The lowest BCUT2D eigenvalue weighted by Crippen LogP contribution is -2.07. The van der Waals surface area contributed by atoms with Gasteiger partial charge in [-0.2, -0.15) is 0 Å². The van der Waals surface area contributed by atoms with E-state index in [4.69, 9.17) is 14.1 Å². The molecule has 0 aliphatic rings. The molecule has 0 spiro atoms. The van der Waals surface area contributed by atoms with Gasteiger partial charge in [0.15, 0.2) is 17.3 Å². The number of hydrogen-bond acceptors (Lipinski definition) is 7.